The van der Waals surface area contributed by atoms with Crippen LogP contribution in [0, 0.1) is 5.92 Å². The minimum Gasteiger partial charge on any atom is -0.507 e. The Morgan fingerprint density at radius 3 is 2.59 bits per heavy atom. The Balaban J connectivity index is 1.93. The summed E-state index contributed by atoms with van der Waals surface area (Å²) in [4.78, 5) is 13.2. The number of hydrogen-bond acceptors (Lipinski definition) is 4. The molecule has 4 nitrogen and oxygen atoms in total. The average Bonchev–Trinajstić information content (AvgIpc) is 2.61. The van der Waals surface area contributed by atoms with Gasteiger partial charge >= 0.3 is 0 Å². The molecule has 1 fully saturated rings. The normalized spacial score (nSPS) is 26.0. The number of carbonyl (C=O) groups is 1. The first-order valence-corrected chi connectivity index (χ1v) is 9.34. The van der Waals surface area contributed by atoms with Crippen LogP contribution in [0.4, 0.5) is 0 Å². The Bertz CT molecular complexity index is 931. The predicted molar refractivity (Wildman–Crippen MR) is 104 cm³/mol. The van der Waals surface area contributed by atoms with Crippen LogP contribution in [0.1, 0.15) is 60.5 Å². The maximum absolute atomic E-state index is 13.2. The van der Waals surface area contributed by atoms with E-state index in [1.54, 1.807) is 24.3 Å². The zero-order valence-electron chi connectivity index (χ0n) is 15.7. The topological polar surface area (TPSA) is 66.8 Å². The van der Waals surface area contributed by atoms with E-state index in [0.717, 1.165) is 24.8 Å². The highest BCUT2D eigenvalue weighted by atomic mass is 16.5. The lowest BCUT2D eigenvalue weighted by Gasteiger charge is -2.48. The van der Waals surface area contributed by atoms with Crippen LogP contribution in [0.25, 0.3) is 0 Å². The summed E-state index contributed by atoms with van der Waals surface area (Å²) >= 11 is 0. The molecular weight excluding hydrogens is 340 g/mol. The number of allylic oxidation sites excluding steroid dienone is 1. The summed E-state index contributed by atoms with van der Waals surface area (Å²) in [6.45, 7) is 8.18. The molecule has 4 heteroatoms. The SMILES string of the molecule is C=C(C)C1CCC2(C)CC1c1c(O)cc(O)c(C(=O)c3ccccc3)c1O2. The highest BCUT2D eigenvalue weighted by molar-refractivity contribution is 6.13. The van der Waals surface area contributed by atoms with E-state index >= 15 is 0 Å². The van der Waals surface area contributed by atoms with E-state index < -0.39 is 5.60 Å². The summed E-state index contributed by atoms with van der Waals surface area (Å²) in [6.07, 6.45) is 2.53. The molecule has 1 saturated carbocycles. The van der Waals surface area contributed by atoms with Gasteiger partial charge in [0.2, 0.25) is 5.78 Å². The third-order valence-electron chi connectivity index (χ3n) is 6.01. The third kappa shape index (κ3) is 2.80. The molecule has 2 aromatic carbocycles. The van der Waals surface area contributed by atoms with Crippen molar-refractivity contribution in [2.75, 3.05) is 0 Å². The number of ether oxygens (including phenoxy) is 1. The summed E-state index contributed by atoms with van der Waals surface area (Å²) < 4.78 is 6.28. The lowest BCUT2D eigenvalue weighted by atomic mass is 9.65. The molecule has 0 aromatic heterocycles. The van der Waals surface area contributed by atoms with E-state index in [9.17, 15) is 15.0 Å². The van der Waals surface area contributed by atoms with Crippen molar-refractivity contribution < 1.29 is 19.7 Å². The lowest BCUT2D eigenvalue weighted by Crippen LogP contribution is -2.44. The fraction of sp³-hybridized carbons (Fsp3) is 0.348. The lowest BCUT2D eigenvalue weighted by molar-refractivity contribution is 0.00550. The van der Waals surface area contributed by atoms with Gasteiger partial charge in [-0.3, -0.25) is 4.79 Å². The van der Waals surface area contributed by atoms with Gasteiger partial charge in [-0.15, -0.1) is 0 Å². The summed E-state index contributed by atoms with van der Waals surface area (Å²) in [5, 5.41) is 21.2. The van der Waals surface area contributed by atoms with Crippen molar-refractivity contribution in [2.24, 2.45) is 5.92 Å². The van der Waals surface area contributed by atoms with Crippen molar-refractivity contribution in [1.82, 2.24) is 0 Å². The molecule has 0 saturated heterocycles. The Morgan fingerprint density at radius 2 is 1.93 bits per heavy atom. The highest BCUT2D eigenvalue weighted by Crippen LogP contribution is 2.57. The Hall–Kier alpha value is -2.75. The summed E-state index contributed by atoms with van der Waals surface area (Å²) in [7, 11) is 0. The molecule has 2 aliphatic rings. The maximum Gasteiger partial charge on any atom is 0.200 e. The molecule has 1 aliphatic heterocycles. The molecule has 2 N–H and O–H groups in total. The van der Waals surface area contributed by atoms with Gasteiger partial charge in [-0.25, -0.2) is 0 Å². The van der Waals surface area contributed by atoms with Crippen molar-refractivity contribution in [3.8, 4) is 17.2 Å². The number of carbonyl (C=O) groups excluding carboxylic acids is 1. The van der Waals surface area contributed by atoms with Crippen molar-refractivity contribution in [3.63, 3.8) is 0 Å². The van der Waals surface area contributed by atoms with Crippen molar-refractivity contribution >= 4 is 5.78 Å². The molecule has 140 valence electrons. The molecule has 27 heavy (non-hydrogen) atoms. The Kier molecular flexibility index (Phi) is 4.02. The second-order valence-electron chi connectivity index (χ2n) is 8.08. The largest absolute Gasteiger partial charge is 0.507 e. The van der Waals surface area contributed by atoms with E-state index in [0.29, 0.717) is 16.9 Å². The minimum absolute atomic E-state index is 0.0210. The van der Waals surface area contributed by atoms with Crippen LogP contribution in [0.5, 0.6) is 17.2 Å². The van der Waals surface area contributed by atoms with Crippen LogP contribution in [-0.4, -0.2) is 21.6 Å². The molecule has 3 atom stereocenters. The number of rotatable bonds is 3. The van der Waals surface area contributed by atoms with E-state index in [-0.39, 0.29) is 34.7 Å². The maximum atomic E-state index is 13.2. The van der Waals surface area contributed by atoms with E-state index in [1.807, 2.05) is 19.9 Å². The van der Waals surface area contributed by atoms with Gasteiger partial charge in [0.15, 0.2) is 0 Å². The fourth-order valence-electron chi connectivity index (χ4n) is 4.67. The highest BCUT2D eigenvalue weighted by Gasteiger charge is 2.48. The first-order chi connectivity index (χ1) is 12.8. The number of ketones is 1. The average molecular weight is 364 g/mol. The number of hydrogen-bond donors (Lipinski definition) is 2. The second kappa shape index (κ2) is 6.15. The molecule has 4 rings (SSSR count). The fourth-order valence-corrected chi connectivity index (χ4v) is 4.67. The van der Waals surface area contributed by atoms with Crippen LogP contribution in [0.15, 0.2) is 48.6 Å². The number of aromatic hydroxyl groups is 2. The van der Waals surface area contributed by atoms with Crippen LogP contribution in [0.3, 0.4) is 0 Å². The molecular formula is C23H24O4. The zero-order chi connectivity index (χ0) is 19.3. The van der Waals surface area contributed by atoms with Gasteiger partial charge in [-0.05, 0) is 39.0 Å². The number of benzene rings is 2. The molecule has 2 bridgehead atoms. The van der Waals surface area contributed by atoms with Crippen LogP contribution < -0.4 is 4.74 Å². The monoisotopic (exact) mass is 364 g/mol. The van der Waals surface area contributed by atoms with E-state index in [1.165, 1.54) is 6.07 Å². The van der Waals surface area contributed by atoms with Crippen LogP contribution in [-0.2, 0) is 0 Å². The first kappa shape index (κ1) is 17.7. The summed E-state index contributed by atoms with van der Waals surface area (Å²) in [6, 6.07) is 10.1. The predicted octanol–water partition coefficient (Wildman–Crippen LogP) is 4.94. The summed E-state index contributed by atoms with van der Waals surface area (Å²) in [5.41, 5.74) is 1.87. The summed E-state index contributed by atoms with van der Waals surface area (Å²) in [5.74, 6) is -0.0162. The number of fused-ring (bicyclic) bond motifs is 4. The van der Waals surface area contributed by atoms with Gasteiger partial charge in [0, 0.05) is 23.1 Å². The molecule has 2 aromatic rings. The first-order valence-electron chi connectivity index (χ1n) is 9.34. The van der Waals surface area contributed by atoms with Crippen LogP contribution >= 0.6 is 0 Å². The van der Waals surface area contributed by atoms with Gasteiger partial charge in [-0.2, -0.15) is 0 Å². The molecule has 3 unspecified atom stereocenters. The van der Waals surface area contributed by atoms with Crippen molar-refractivity contribution in [2.45, 2.75) is 44.6 Å². The molecule has 0 amide bonds. The molecule has 0 spiro atoms. The molecule has 0 radical (unpaired) electrons. The van der Waals surface area contributed by atoms with Gasteiger partial charge in [0.05, 0.1) is 0 Å². The van der Waals surface area contributed by atoms with Crippen LogP contribution in [0.2, 0.25) is 0 Å². The number of phenols is 2. The molecule has 1 aliphatic carbocycles. The quantitative estimate of drug-likeness (QED) is 0.598. The van der Waals surface area contributed by atoms with Gasteiger partial charge in [0.1, 0.15) is 28.4 Å². The minimum atomic E-state index is -0.421. The van der Waals surface area contributed by atoms with Gasteiger partial charge in [-0.1, -0.05) is 42.5 Å². The van der Waals surface area contributed by atoms with Crippen molar-refractivity contribution in [3.05, 3.63) is 65.2 Å². The second-order valence-corrected chi connectivity index (χ2v) is 8.08. The number of phenolic OH excluding ortho intramolecular Hbond substituents is 2. The Morgan fingerprint density at radius 1 is 1.22 bits per heavy atom. The van der Waals surface area contributed by atoms with Gasteiger partial charge in [0.25, 0.3) is 0 Å². The zero-order valence-corrected chi connectivity index (χ0v) is 15.7. The standard InChI is InChI=1S/C23H24O4/c1-13(2)15-9-10-23(3)12-16(15)19-17(24)11-18(25)20(22(19)27-23)21(26)14-7-5-4-6-8-14/h4-8,11,15-16,24-25H,1,9-10,12H2,2-3H3. The molecule has 1 heterocycles. The smallest absolute Gasteiger partial charge is 0.200 e. The van der Waals surface area contributed by atoms with E-state index in [4.69, 9.17) is 4.74 Å². The Labute approximate surface area is 159 Å². The van der Waals surface area contributed by atoms with E-state index in [2.05, 4.69) is 6.58 Å². The van der Waals surface area contributed by atoms with Gasteiger partial charge < -0.3 is 14.9 Å². The third-order valence-corrected chi connectivity index (χ3v) is 6.01. The van der Waals surface area contributed by atoms with Crippen molar-refractivity contribution in [1.29, 1.82) is 0 Å².